The van der Waals surface area contributed by atoms with Crippen molar-refractivity contribution in [1.29, 1.82) is 0 Å². The van der Waals surface area contributed by atoms with Gasteiger partial charge in [-0.25, -0.2) is 0 Å². The highest BCUT2D eigenvalue weighted by molar-refractivity contribution is 7.98. The van der Waals surface area contributed by atoms with E-state index in [1.165, 1.54) is 0 Å². The number of carbonyl (C=O) groups excluding carboxylic acids is 1. The summed E-state index contributed by atoms with van der Waals surface area (Å²) in [6.07, 6.45) is 2.00. The molecule has 2 aromatic carbocycles. The fourth-order valence-electron chi connectivity index (χ4n) is 1.56. The van der Waals surface area contributed by atoms with Gasteiger partial charge in [0.2, 0.25) is 0 Å². The second kappa shape index (κ2) is 6.33. The molecule has 1 N–H and O–H groups in total. The van der Waals surface area contributed by atoms with Crippen LogP contribution in [0.1, 0.15) is 10.4 Å². The Balaban J connectivity index is 2.15. The number of thioether (sulfide) groups is 1. The van der Waals surface area contributed by atoms with Crippen molar-refractivity contribution in [2.24, 2.45) is 0 Å². The molecule has 2 nitrogen and oxygen atoms in total. The summed E-state index contributed by atoms with van der Waals surface area (Å²) in [5.41, 5.74) is 1.17. The Hall–Kier alpha value is -1.16. The number of hydrogen-bond donors (Lipinski definition) is 1. The molecule has 0 bridgehead atoms. The van der Waals surface area contributed by atoms with Crippen molar-refractivity contribution in [3.8, 4) is 0 Å². The molecule has 0 aliphatic carbocycles. The van der Waals surface area contributed by atoms with Crippen molar-refractivity contribution in [3.05, 3.63) is 58.1 Å². The third kappa shape index (κ3) is 3.90. The summed E-state index contributed by atoms with van der Waals surface area (Å²) in [6, 6.07) is 12.4. The summed E-state index contributed by atoms with van der Waals surface area (Å²) in [5.74, 6) is -0.235. The SMILES string of the molecule is CSc1ccc(NC(=O)c2cc(Cl)cc(Cl)c2)cc1. The highest BCUT2D eigenvalue weighted by Crippen LogP contribution is 2.21. The molecule has 2 aromatic rings. The summed E-state index contributed by atoms with van der Waals surface area (Å²) in [4.78, 5) is 13.2. The van der Waals surface area contributed by atoms with Crippen molar-refractivity contribution in [1.82, 2.24) is 0 Å². The van der Waals surface area contributed by atoms with Gasteiger partial charge in [-0.2, -0.15) is 0 Å². The smallest absolute Gasteiger partial charge is 0.255 e. The lowest BCUT2D eigenvalue weighted by molar-refractivity contribution is 0.102. The maximum atomic E-state index is 12.0. The predicted molar refractivity (Wildman–Crippen MR) is 82.6 cm³/mol. The van der Waals surface area contributed by atoms with Crippen LogP contribution in [0, 0.1) is 0 Å². The molecular weight excluding hydrogens is 301 g/mol. The van der Waals surface area contributed by atoms with Crippen molar-refractivity contribution < 1.29 is 4.79 Å². The lowest BCUT2D eigenvalue weighted by atomic mass is 10.2. The average Bonchev–Trinajstić information content (AvgIpc) is 2.38. The highest BCUT2D eigenvalue weighted by atomic mass is 35.5. The number of halogens is 2. The molecule has 0 aliphatic heterocycles. The molecular formula is C14H11Cl2NOS. The first kappa shape index (κ1) is 14.3. The van der Waals surface area contributed by atoms with Crippen LogP contribution >= 0.6 is 35.0 Å². The van der Waals surface area contributed by atoms with E-state index in [2.05, 4.69) is 5.32 Å². The topological polar surface area (TPSA) is 29.1 Å². The Labute approximate surface area is 126 Å². The van der Waals surface area contributed by atoms with Crippen LogP contribution in [0.3, 0.4) is 0 Å². The van der Waals surface area contributed by atoms with Gasteiger partial charge in [0.15, 0.2) is 0 Å². The molecule has 0 radical (unpaired) electrons. The standard InChI is InChI=1S/C14H11Cl2NOS/c1-19-13-4-2-12(3-5-13)17-14(18)9-6-10(15)8-11(16)7-9/h2-8H,1H3,(H,17,18). The summed E-state index contributed by atoms with van der Waals surface area (Å²) < 4.78 is 0. The van der Waals surface area contributed by atoms with Crippen molar-refractivity contribution in [2.75, 3.05) is 11.6 Å². The summed E-state index contributed by atoms with van der Waals surface area (Å²) in [7, 11) is 0. The first-order chi connectivity index (χ1) is 9.08. The molecule has 0 atom stereocenters. The maximum Gasteiger partial charge on any atom is 0.255 e. The van der Waals surface area contributed by atoms with Crippen LogP contribution in [0.15, 0.2) is 47.4 Å². The van der Waals surface area contributed by atoms with Gasteiger partial charge >= 0.3 is 0 Å². The van der Waals surface area contributed by atoms with Gasteiger partial charge in [-0.1, -0.05) is 23.2 Å². The van der Waals surface area contributed by atoms with E-state index in [-0.39, 0.29) is 5.91 Å². The van der Waals surface area contributed by atoms with Gasteiger partial charge in [-0.15, -0.1) is 11.8 Å². The highest BCUT2D eigenvalue weighted by Gasteiger charge is 2.08. The summed E-state index contributed by atoms with van der Waals surface area (Å²) >= 11 is 13.4. The van der Waals surface area contributed by atoms with Gasteiger partial charge < -0.3 is 5.32 Å². The predicted octanol–water partition coefficient (Wildman–Crippen LogP) is 4.97. The van der Waals surface area contributed by atoms with Crippen LogP contribution < -0.4 is 5.32 Å². The van der Waals surface area contributed by atoms with Gasteiger partial charge in [0.1, 0.15) is 0 Å². The number of hydrogen-bond acceptors (Lipinski definition) is 2. The van der Waals surface area contributed by atoms with Crippen LogP contribution in [0.2, 0.25) is 10.0 Å². The molecule has 0 spiro atoms. The van der Waals surface area contributed by atoms with Gasteiger partial charge in [0.25, 0.3) is 5.91 Å². The van der Waals surface area contributed by atoms with Crippen molar-refractivity contribution in [3.63, 3.8) is 0 Å². The Kier molecular flexibility index (Phi) is 4.75. The normalized spacial score (nSPS) is 10.3. The number of nitrogens with one attached hydrogen (secondary N) is 1. The zero-order valence-electron chi connectivity index (χ0n) is 10.1. The fourth-order valence-corrected chi connectivity index (χ4v) is 2.50. The molecule has 1 amide bonds. The van der Waals surface area contributed by atoms with Crippen LogP contribution in [0.25, 0.3) is 0 Å². The van der Waals surface area contributed by atoms with Gasteiger partial charge in [-0.3, -0.25) is 4.79 Å². The number of anilines is 1. The quantitative estimate of drug-likeness (QED) is 0.811. The van der Waals surface area contributed by atoms with Gasteiger partial charge in [-0.05, 0) is 48.7 Å². The second-order valence-corrected chi connectivity index (χ2v) is 5.59. The molecule has 5 heteroatoms. The van der Waals surface area contributed by atoms with Crippen LogP contribution in [0.4, 0.5) is 5.69 Å². The molecule has 0 saturated carbocycles. The number of carbonyl (C=O) groups is 1. The van der Waals surface area contributed by atoms with Crippen molar-refractivity contribution in [2.45, 2.75) is 4.90 Å². The van der Waals surface area contributed by atoms with Crippen LogP contribution in [-0.4, -0.2) is 12.2 Å². The number of benzene rings is 2. The molecule has 98 valence electrons. The molecule has 2 rings (SSSR count). The first-order valence-corrected chi connectivity index (χ1v) is 7.48. The fraction of sp³-hybridized carbons (Fsp3) is 0.0714. The lowest BCUT2D eigenvalue weighted by Crippen LogP contribution is -2.11. The van der Waals surface area contributed by atoms with Gasteiger partial charge in [0.05, 0.1) is 0 Å². The zero-order chi connectivity index (χ0) is 13.8. The van der Waals surface area contributed by atoms with Crippen molar-refractivity contribution >= 4 is 46.6 Å². The summed E-state index contributed by atoms with van der Waals surface area (Å²) in [6.45, 7) is 0. The number of rotatable bonds is 3. The minimum atomic E-state index is -0.235. The lowest BCUT2D eigenvalue weighted by Gasteiger charge is -2.06. The molecule has 0 saturated heterocycles. The largest absolute Gasteiger partial charge is 0.322 e. The van der Waals surface area contributed by atoms with Gasteiger partial charge in [0, 0.05) is 26.2 Å². The average molecular weight is 312 g/mol. The number of amides is 1. The monoisotopic (exact) mass is 311 g/mol. The van der Waals surface area contributed by atoms with Crippen LogP contribution in [0.5, 0.6) is 0 Å². The Morgan fingerprint density at radius 3 is 2.16 bits per heavy atom. The Bertz CT molecular complexity index is 579. The van der Waals surface area contributed by atoms with E-state index in [0.29, 0.717) is 15.6 Å². The Morgan fingerprint density at radius 2 is 1.63 bits per heavy atom. The first-order valence-electron chi connectivity index (χ1n) is 5.50. The molecule has 0 unspecified atom stereocenters. The Morgan fingerprint density at radius 1 is 1.05 bits per heavy atom. The van der Waals surface area contributed by atoms with E-state index in [0.717, 1.165) is 10.6 Å². The molecule has 0 aliphatic rings. The summed E-state index contributed by atoms with van der Waals surface area (Å²) in [5, 5.41) is 3.68. The molecule has 0 aromatic heterocycles. The second-order valence-electron chi connectivity index (χ2n) is 3.84. The minimum absolute atomic E-state index is 0.235. The van der Waals surface area contributed by atoms with E-state index in [9.17, 15) is 4.79 Å². The zero-order valence-corrected chi connectivity index (χ0v) is 12.4. The minimum Gasteiger partial charge on any atom is -0.322 e. The third-order valence-electron chi connectivity index (χ3n) is 2.47. The molecule has 0 fully saturated rings. The van der Waals surface area contributed by atoms with E-state index in [1.54, 1.807) is 30.0 Å². The maximum absolute atomic E-state index is 12.0. The van der Waals surface area contributed by atoms with Crippen LogP contribution in [-0.2, 0) is 0 Å². The molecule has 19 heavy (non-hydrogen) atoms. The third-order valence-corrected chi connectivity index (χ3v) is 3.65. The van der Waals surface area contributed by atoms with E-state index < -0.39 is 0 Å². The van der Waals surface area contributed by atoms with E-state index in [4.69, 9.17) is 23.2 Å². The van der Waals surface area contributed by atoms with E-state index in [1.807, 2.05) is 30.5 Å². The molecule has 0 heterocycles. The van der Waals surface area contributed by atoms with E-state index >= 15 is 0 Å².